The van der Waals surface area contributed by atoms with Gasteiger partial charge in [-0.3, -0.25) is 9.89 Å². The Morgan fingerprint density at radius 2 is 1.83 bits per heavy atom. The first kappa shape index (κ1) is 18.0. The van der Waals surface area contributed by atoms with Gasteiger partial charge in [0.15, 0.2) is 5.96 Å². The highest BCUT2D eigenvalue weighted by Crippen LogP contribution is 2.28. The number of ether oxygens (including phenoxy) is 1. The first-order valence-electron chi connectivity index (χ1n) is 10.1. The molecule has 0 bridgehead atoms. The molecule has 0 spiro atoms. The van der Waals surface area contributed by atoms with Gasteiger partial charge in [0.1, 0.15) is 0 Å². The Bertz CT molecular complexity index is 400. The van der Waals surface area contributed by atoms with Crippen molar-refractivity contribution >= 4 is 5.96 Å². The fourth-order valence-electron chi connectivity index (χ4n) is 4.33. The molecule has 1 unspecified atom stereocenters. The second-order valence-electron chi connectivity index (χ2n) is 7.86. The topological polar surface area (TPSA) is 40.1 Å². The van der Waals surface area contributed by atoms with Gasteiger partial charge in [0.2, 0.25) is 0 Å². The van der Waals surface area contributed by atoms with Crippen molar-refractivity contribution in [3.63, 3.8) is 0 Å². The van der Waals surface area contributed by atoms with E-state index in [1.54, 1.807) is 0 Å². The second kappa shape index (κ2) is 9.04. The van der Waals surface area contributed by atoms with Crippen LogP contribution in [0.4, 0.5) is 0 Å². The summed E-state index contributed by atoms with van der Waals surface area (Å²) in [7, 11) is 0. The summed E-state index contributed by atoms with van der Waals surface area (Å²) in [4.78, 5) is 10.1. The molecule has 2 aliphatic heterocycles. The van der Waals surface area contributed by atoms with Gasteiger partial charge in [-0.15, -0.1) is 0 Å². The van der Waals surface area contributed by atoms with Crippen molar-refractivity contribution in [2.75, 3.05) is 52.5 Å². The monoisotopic (exact) mass is 336 g/mol. The molecule has 0 radical (unpaired) electrons. The highest BCUT2D eigenvalue weighted by molar-refractivity contribution is 5.80. The molecule has 5 heteroatoms. The normalized spacial score (nSPS) is 33.0. The Hall–Kier alpha value is -0.810. The summed E-state index contributed by atoms with van der Waals surface area (Å²) in [6.45, 7) is 12.7. The highest BCUT2D eigenvalue weighted by atomic mass is 16.5. The lowest BCUT2D eigenvalue weighted by molar-refractivity contribution is 0.0195. The van der Waals surface area contributed by atoms with E-state index in [4.69, 9.17) is 9.73 Å². The van der Waals surface area contributed by atoms with Crippen LogP contribution in [0.2, 0.25) is 0 Å². The van der Waals surface area contributed by atoms with Crippen molar-refractivity contribution in [2.24, 2.45) is 16.8 Å². The summed E-state index contributed by atoms with van der Waals surface area (Å²) >= 11 is 0. The number of guanidine groups is 1. The zero-order chi connectivity index (χ0) is 16.8. The van der Waals surface area contributed by atoms with Gasteiger partial charge in [0.25, 0.3) is 0 Å². The molecule has 3 aliphatic rings. The maximum Gasteiger partial charge on any atom is 0.193 e. The van der Waals surface area contributed by atoms with Crippen molar-refractivity contribution in [1.82, 2.24) is 15.1 Å². The lowest BCUT2D eigenvalue weighted by Gasteiger charge is -2.32. The average molecular weight is 337 g/mol. The van der Waals surface area contributed by atoms with E-state index in [-0.39, 0.29) is 0 Å². The molecule has 3 rings (SSSR count). The summed E-state index contributed by atoms with van der Waals surface area (Å²) in [6, 6.07) is 0.674. The summed E-state index contributed by atoms with van der Waals surface area (Å²) in [5, 5.41) is 3.53. The van der Waals surface area contributed by atoms with E-state index >= 15 is 0 Å². The quantitative estimate of drug-likeness (QED) is 0.631. The zero-order valence-corrected chi connectivity index (χ0v) is 15.7. The van der Waals surface area contributed by atoms with Crippen LogP contribution < -0.4 is 5.32 Å². The Kier molecular flexibility index (Phi) is 6.78. The molecule has 0 amide bonds. The number of rotatable bonds is 4. The second-order valence-corrected chi connectivity index (χ2v) is 7.86. The number of likely N-dealkylation sites (tertiary alicyclic amines) is 1. The van der Waals surface area contributed by atoms with E-state index < -0.39 is 0 Å². The molecule has 5 nitrogen and oxygen atoms in total. The van der Waals surface area contributed by atoms with Gasteiger partial charge in [-0.05, 0) is 38.0 Å². The zero-order valence-electron chi connectivity index (χ0n) is 15.7. The third-order valence-electron chi connectivity index (χ3n) is 5.99. The van der Waals surface area contributed by atoms with Crippen LogP contribution in [0, 0.1) is 11.8 Å². The lowest BCUT2D eigenvalue weighted by atomic mass is 9.83. The fourth-order valence-corrected chi connectivity index (χ4v) is 4.33. The molecule has 1 aliphatic carbocycles. The Balaban J connectivity index is 1.52. The van der Waals surface area contributed by atoms with Crippen molar-refractivity contribution in [3.8, 4) is 0 Å². The minimum Gasteiger partial charge on any atom is -0.379 e. The SMILES string of the molecule is CCNC(=NCC1CCC(C)CC1)N1CCC(N2CCOCC2)C1. The number of aliphatic imine (C=N–C) groups is 1. The van der Waals surface area contributed by atoms with Crippen LogP contribution in [0.25, 0.3) is 0 Å². The van der Waals surface area contributed by atoms with Crippen LogP contribution in [0.15, 0.2) is 4.99 Å². The van der Waals surface area contributed by atoms with Crippen LogP contribution in [-0.2, 0) is 4.74 Å². The fraction of sp³-hybridized carbons (Fsp3) is 0.947. The molecule has 3 fully saturated rings. The van der Waals surface area contributed by atoms with Gasteiger partial charge >= 0.3 is 0 Å². The molecule has 1 N–H and O–H groups in total. The molecule has 2 heterocycles. The maximum atomic E-state index is 5.49. The minimum absolute atomic E-state index is 0.674. The smallest absolute Gasteiger partial charge is 0.193 e. The number of morpholine rings is 1. The van der Waals surface area contributed by atoms with Crippen LogP contribution in [0.5, 0.6) is 0 Å². The van der Waals surface area contributed by atoms with Crippen LogP contribution >= 0.6 is 0 Å². The predicted molar refractivity (Wildman–Crippen MR) is 99.5 cm³/mol. The summed E-state index contributed by atoms with van der Waals surface area (Å²) in [6.07, 6.45) is 6.76. The first-order valence-corrected chi connectivity index (χ1v) is 10.1. The molecule has 24 heavy (non-hydrogen) atoms. The third-order valence-corrected chi connectivity index (χ3v) is 5.99. The van der Waals surface area contributed by atoms with Gasteiger partial charge in [-0.25, -0.2) is 0 Å². The number of nitrogens with one attached hydrogen (secondary N) is 1. The van der Waals surface area contributed by atoms with Gasteiger partial charge in [0, 0.05) is 45.3 Å². The van der Waals surface area contributed by atoms with Crippen molar-refractivity contribution in [1.29, 1.82) is 0 Å². The van der Waals surface area contributed by atoms with E-state index in [1.165, 1.54) is 32.1 Å². The third kappa shape index (κ3) is 4.85. The summed E-state index contributed by atoms with van der Waals surface area (Å²) in [5.41, 5.74) is 0. The standard InChI is InChI=1S/C19H36N4O/c1-3-20-19(21-14-17-6-4-16(2)5-7-17)23-9-8-18(15-23)22-10-12-24-13-11-22/h16-18H,3-15H2,1-2H3,(H,20,21). The Morgan fingerprint density at radius 3 is 2.54 bits per heavy atom. The van der Waals surface area contributed by atoms with Crippen molar-refractivity contribution < 1.29 is 4.74 Å². The van der Waals surface area contributed by atoms with Crippen LogP contribution in [-0.4, -0.2) is 74.3 Å². The highest BCUT2D eigenvalue weighted by Gasteiger charge is 2.30. The van der Waals surface area contributed by atoms with Gasteiger partial charge in [-0.1, -0.05) is 19.8 Å². The molecular weight excluding hydrogens is 300 g/mol. The molecule has 0 aromatic carbocycles. The number of hydrogen-bond donors (Lipinski definition) is 1. The van der Waals surface area contributed by atoms with E-state index in [2.05, 4.69) is 29.0 Å². The summed E-state index contributed by atoms with van der Waals surface area (Å²) < 4.78 is 5.49. The molecule has 138 valence electrons. The average Bonchev–Trinajstić information content (AvgIpc) is 3.11. The molecule has 0 aromatic heterocycles. The molecule has 1 saturated carbocycles. The first-order chi connectivity index (χ1) is 11.8. The molecule has 0 aromatic rings. The molecule has 2 saturated heterocycles. The lowest BCUT2D eigenvalue weighted by Crippen LogP contribution is -2.46. The molecule has 1 atom stereocenters. The largest absolute Gasteiger partial charge is 0.379 e. The summed E-state index contributed by atoms with van der Waals surface area (Å²) in [5.74, 6) is 2.87. The Morgan fingerprint density at radius 1 is 1.08 bits per heavy atom. The van der Waals surface area contributed by atoms with E-state index in [1.807, 2.05) is 0 Å². The van der Waals surface area contributed by atoms with E-state index in [0.717, 1.165) is 70.3 Å². The molecular formula is C19H36N4O. The minimum atomic E-state index is 0.674. The van der Waals surface area contributed by atoms with Gasteiger partial charge < -0.3 is 15.0 Å². The van der Waals surface area contributed by atoms with Crippen molar-refractivity contribution in [3.05, 3.63) is 0 Å². The van der Waals surface area contributed by atoms with E-state index in [0.29, 0.717) is 6.04 Å². The van der Waals surface area contributed by atoms with Gasteiger partial charge in [0.05, 0.1) is 13.2 Å². The maximum absolute atomic E-state index is 5.49. The van der Waals surface area contributed by atoms with Crippen molar-refractivity contribution in [2.45, 2.75) is 52.0 Å². The number of hydrogen-bond acceptors (Lipinski definition) is 3. The van der Waals surface area contributed by atoms with Crippen LogP contribution in [0.3, 0.4) is 0 Å². The van der Waals surface area contributed by atoms with Gasteiger partial charge in [-0.2, -0.15) is 0 Å². The van der Waals surface area contributed by atoms with Crippen LogP contribution in [0.1, 0.15) is 46.0 Å². The predicted octanol–water partition coefficient (Wildman–Crippen LogP) is 2.18. The number of nitrogens with zero attached hydrogens (tertiary/aromatic N) is 3. The Labute approximate surface area is 147 Å². The van der Waals surface area contributed by atoms with E-state index in [9.17, 15) is 0 Å².